The van der Waals surface area contributed by atoms with Crippen LogP contribution in [0.2, 0.25) is 0 Å². The number of likely N-dealkylation sites (tertiary alicyclic amines) is 2. The number of hydrogen-bond acceptors (Lipinski definition) is 5. The molecule has 2 saturated heterocycles. The monoisotopic (exact) mass is 412 g/mol. The third-order valence-electron chi connectivity index (χ3n) is 5.85. The lowest BCUT2D eigenvalue weighted by Crippen LogP contribution is -2.32. The highest BCUT2D eigenvalue weighted by Gasteiger charge is 2.34. The fraction of sp³-hybridized carbons (Fsp3) is 0.500. The first kappa shape index (κ1) is 20.0. The van der Waals surface area contributed by atoms with Crippen molar-refractivity contribution in [3.63, 3.8) is 0 Å². The van der Waals surface area contributed by atoms with Crippen LogP contribution in [0.15, 0.2) is 35.7 Å². The summed E-state index contributed by atoms with van der Waals surface area (Å²) in [5.74, 6) is 0.420. The van der Waals surface area contributed by atoms with Gasteiger partial charge in [0.15, 0.2) is 5.13 Å². The Hall–Kier alpha value is -2.25. The first-order valence-electron chi connectivity index (χ1n) is 10.4. The van der Waals surface area contributed by atoms with E-state index in [0.29, 0.717) is 18.2 Å². The van der Waals surface area contributed by atoms with Gasteiger partial charge in [-0.15, -0.1) is 11.3 Å². The van der Waals surface area contributed by atoms with E-state index in [2.05, 4.69) is 22.1 Å². The normalized spacial score (nSPS) is 20.9. The molecule has 0 aliphatic carbocycles. The van der Waals surface area contributed by atoms with Crippen LogP contribution in [-0.4, -0.2) is 46.2 Å². The molecule has 1 atom stereocenters. The van der Waals surface area contributed by atoms with E-state index < -0.39 is 0 Å². The number of hydrogen-bond donors (Lipinski definition) is 1. The molecule has 3 heterocycles. The fourth-order valence-electron chi connectivity index (χ4n) is 4.00. The lowest BCUT2D eigenvalue weighted by atomic mass is 9.99. The first-order valence-corrected chi connectivity index (χ1v) is 11.2. The third kappa shape index (κ3) is 5.22. The van der Waals surface area contributed by atoms with Crippen molar-refractivity contribution in [1.29, 1.82) is 0 Å². The maximum absolute atomic E-state index is 12.7. The number of aromatic nitrogens is 1. The van der Waals surface area contributed by atoms with E-state index in [-0.39, 0.29) is 24.2 Å². The van der Waals surface area contributed by atoms with E-state index in [9.17, 15) is 9.59 Å². The summed E-state index contributed by atoms with van der Waals surface area (Å²) in [5, 5.41) is 5.58. The molecule has 2 aliphatic rings. The minimum Gasteiger partial charge on any atom is -0.338 e. The van der Waals surface area contributed by atoms with Gasteiger partial charge in [-0.3, -0.25) is 14.5 Å². The van der Waals surface area contributed by atoms with E-state index in [0.717, 1.165) is 36.8 Å². The SMILES string of the molecule is CC1CCN(Cc2csc(NC(=O)C3CC(=O)N(Cc4ccccc4)C3)n2)CC1. The number of carbonyl (C=O) groups is 2. The predicted octanol–water partition coefficient (Wildman–Crippen LogP) is 3.36. The molecule has 1 N–H and O–H groups in total. The Morgan fingerprint density at radius 3 is 2.72 bits per heavy atom. The average molecular weight is 413 g/mol. The molecule has 0 spiro atoms. The summed E-state index contributed by atoms with van der Waals surface area (Å²) in [5.41, 5.74) is 2.09. The Balaban J connectivity index is 1.28. The quantitative estimate of drug-likeness (QED) is 0.790. The lowest BCUT2D eigenvalue weighted by molar-refractivity contribution is -0.128. The minimum atomic E-state index is -0.317. The molecular weight excluding hydrogens is 384 g/mol. The van der Waals surface area contributed by atoms with Gasteiger partial charge >= 0.3 is 0 Å². The Kier molecular flexibility index (Phi) is 6.25. The van der Waals surface area contributed by atoms with Gasteiger partial charge in [0, 0.05) is 31.4 Å². The van der Waals surface area contributed by atoms with Crippen LogP contribution in [-0.2, 0) is 22.7 Å². The van der Waals surface area contributed by atoms with Crippen LogP contribution in [0.1, 0.15) is 37.4 Å². The minimum absolute atomic E-state index is 0.0353. The van der Waals surface area contributed by atoms with Gasteiger partial charge in [-0.25, -0.2) is 4.98 Å². The molecule has 4 rings (SSSR count). The third-order valence-corrected chi connectivity index (χ3v) is 6.65. The van der Waals surface area contributed by atoms with Crippen molar-refractivity contribution in [2.75, 3.05) is 25.0 Å². The second kappa shape index (κ2) is 9.05. The van der Waals surface area contributed by atoms with E-state index in [4.69, 9.17) is 0 Å². The molecule has 2 aromatic rings. The van der Waals surface area contributed by atoms with Crippen LogP contribution in [0, 0.1) is 11.8 Å². The van der Waals surface area contributed by atoms with Crippen molar-refractivity contribution in [3.05, 3.63) is 47.0 Å². The zero-order valence-electron chi connectivity index (χ0n) is 16.8. The molecule has 0 radical (unpaired) electrons. The van der Waals surface area contributed by atoms with Gasteiger partial charge in [0.25, 0.3) is 0 Å². The van der Waals surface area contributed by atoms with Crippen LogP contribution < -0.4 is 5.32 Å². The molecule has 0 bridgehead atoms. The summed E-state index contributed by atoms with van der Waals surface area (Å²) in [4.78, 5) is 33.8. The summed E-state index contributed by atoms with van der Waals surface area (Å²) in [6.07, 6.45) is 2.74. The van der Waals surface area contributed by atoms with Crippen molar-refractivity contribution in [3.8, 4) is 0 Å². The Labute approximate surface area is 175 Å². The Morgan fingerprint density at radius 1 is 1.21 bits per heavy atom. The number of anilines is 1. The van der Waals surface area contributed by atoms with Crippen LogP contribution in [0.4, 0.5) is 5.13 Å². The van der Waals surface area contributed by atoms with Gasteiger partial charge in [-0.2, -0.15) is 0 Å². The number of carbonyl (C=O) groups excluding carboxylic acids is 2. The van der Waals surface area contributed by atoms with E-state index in [1.165, 1.54) is 24.2 Å². The van der Waals surface area contributed by atoms with Gasteiger partial charge in [0.2, 0.25) is 11.8 Å². The van der Waals surface area contributed by atoms with Crippen molar-refractivity contribution < 1.29 is 9.59 Å². The maximum Gasteiger partial charge on any atom is 0.231 e. The lowest BCUT2D eigenvalue weighted by Gasteiger charge is -2.29. The zero-order chi connectivity index (χ0) is 20.2. The van der Waals surface area contributed by atoms with Gasteiger partial charge in [0.05, 0.1) is 11.6 Å². The highest BCUT2D eigenvalue weighted by Crippen LogP contribution is 2.24. The highest BCUT2D eigenvalue weighted by molar-refractivity contribution is 7.13. The Bertz CT molecular complexity index is 846. The average Bonchev–Trinajstić information content (AvgIpc) is 3.31. The summed E-state index contributed by atoms with van der Waals surface area (Å²) in [6.45, 7) is 6.39. The molecular formula is C22H28N4O2S. The van der Waals surface area contributed by atoms with Gasteiger partial charge in [0.1, 0.15) is 0 Å². The number of amides is 2. The summed E-state index contributed by atoms with van der Waals surface area (Å²) in [6, 6.07) is 9.89. The summed E-state index contributed by atoms with van der Waals surface area (Å²) in [7, 11) is 0. The molecule has 1 aromatic carbocycles. The van der Waals surface area contributed by atoms with E-state index in [1.54, 1.807) is 4.90 Å². The molecule has 2 fully saturated rings. The van der Waals surface area contributed by atoms with Crippen LogP contribution in [0.5, 0.6) is 0 Å². The smallest absolute Gasteiger partial charge is 0.231 e. The van der Waals surface area contributed by atoms with Crippen molar-refractivity contribution in [2.45, 2.75) is 39.3 Å². The first-order chi connectivity index (χ1) is 14.1. The molecule has 1 aromatic heterocycles. The van der Waals surface area contributed by atoms with E-state index >= 15 is 0 Å². The molecule has 29 heavy (non-hydrogen) atoms. The van der Waals surface area contributed by atoms with E-state index in [1.807, 2.05) is 35.7 Å². The molecule has 1 unspecified atom stereocenters. The number of nitrogens with one attached hydrogen (secondary N) is 1. The second-order valence-corrected chi connectivity index (χ2v) is 9.11. The highest BCUT2D eigenvalue weighted by atomic mass is 32.1. The maximum atomic E-state index is 12.7. The number of thiazole rings is 1. The predicted molar refractivity (Wildman–Crippen MR) is 114 cm³/mol. The molecule has 0 saturated carbocycles. The van der Waals surface area contributed by atoms with Crippen LogP contribution in [0.25, 0.3) is 0 Å². The number of benzene rings is 1. The molecule has 2 amide bonds. The topological polar surface area (TPSA) is 65.5 Å². The van der Waals surface area contributed by atoms with Crippen molar-refractivity contribution in [1.82, 2.24) is 14.8 Å². The van der Waals surface area contributed by atoms with Gasteiger partial charge in [-0.05, 0) is 37.4 Å². The van der Waals surface area contributed by atoms with Crippen LogP contribution in [0.3, 0.4) is 0 Å². The molecule has 2 aliphatic heterocycles. The zero-order valence-corrected chi connectivity index (χ0v) is 17.7. The second-order valence-electron chi connectivity index (χ2n) is 8.25. The van der Waals surface area contributed by atoms with Crippen LogP contribution >= 0.6 is 11.3 Å². The molecule has 6 nitrogen and oxygen atoms in total. The summed E-state index contributed by atoms with van der Waals surface area (Å²) >= 11 is 1.46. The van der Waals surface area contributed by atoms with Crippen molar-refractivity contribution >= 4 is 28.3 Å². The standard InChI is InChI=1S/C22H28N4O2S/c1-16-7-9-25(10-8-16)14-19-15-29-22(23-19)24-21(28)18-11-20(27)26(13-18)12-17-5-3-2-4-6-17/h2-6,15-16,18H,7-14H2,1H3,(H,23,24,28). The largest absolute Gasteiger partial charge is 0.338 e. The van der Waals surface area contributed by atoms with Gasteiger partial charge < -0.3 is 10.2 Å². The molecule has 154 valence electrons. The summed E-state index contributed by atoms with van der Waals surface area (Å²) < 4.78 is 0. The Morgan fingerprint density at radius 2 is 1.97 bits per heavy atom. The van der Waals surface area contributed by atoms with Crippen molar-refractivity contribution in [2.24, 2.45) is 11.8 Å². The number of nitrogens with zero attached hydrogens (tertiary/aromatic N) is 3. The number of piperidine rings is 1. The number of rotatable bonds is 6. The molecule has 7 heteroatoms. The van der Waals surface area contributed by atoms with Gasteiger partial charge in [-0.1, -0.05) is 37.3 Å². The fourth-order valence-corrected chi connectivity index (χ4v) is 4.70.